The first-order chi connectivity index (χ1) is 15.1. The minimum Gasteiger partial charge on any atom is -0.464 e. The number of carboxylic acid groups (broad SMARTS) is 1. The van der Waals surface area contributed by atoms with Crippen molar-refractivity contribution in [3.63, 3.8) is 0 Å². The standard InChI is InChI=1S/C24H32N4O4/c1-6-18-16-20(28(22(29)30)19-10-8-7-9-11-19)21(25-17(18)2)26-12-14-27(15-13-26)23(31)32-24(3,4)5/h7-11,16H,6,12-15H2,1-5H3,(H,29,30). The van der Waals surface area contributed by atoms with E-state index in [0.29, 0.717) is 43.4 Å². The summed E-state index contributed by atoms with van der Waals surface area (Å²) < 4.78 is 5.49. The molecule has 32 heavy (non-hydrogen) atoms. The number of para-hydroxylation sites is 1. The molecule has 0 atom stereocenters. The zero-order chi connectivity index (χ0) is 23.5. The van der Waals surface area contributed by atoms with Crippen LogP contribution in [-0.2, 0) is 11.2 Å². The lowest BCUT2D eigenvalue weighted by Gasteiger charge is -2.37. The quantitative estimate of drug-likeness (QED) is 0.733. The van der Waals surface area contributed by atoms with Crippen molar-refractivity contribution < 1.29 is 19.4 Å². The number of pyridine rings is 1. The molecule has 1 fully saturated rings. The first-order valence-electron chi connectivity index (χ1n) is 10.9. The summed E-state index contributed by atoms with van der Waals surface area (Å²) in [7, 11) is 0. The zero-order valence-electron chi connectivity index (χ0n) is 19.5. The number of anilines is 3. The first kappa shape index (κ1) is 23.4. The van der Waals surface area contributed by atoms with Crippen molar-refractivity contribution in [3.05, 3.63) is 47.7 Å². The van der Waals surface area contributed by atoms with Gasteiger partial charge in [-0.05, 0) is 57.9 Å². The van der Waals surface area contributed by atoms with Crippen molar-refractivity contribution in [3.8, 4) is 0 Å². The van der Waals surface area contributed by atoms with Gasteiger partial charge in [-0.2, -0.15) is 0 Å². The summed E-state index contributed by atoms with van der Waals surface area (Å²) >= 11 is 0. The fraction of sp³-hybridized carbons (Fsp3) is 0.458. The van der Waals surface area contributed by atoms with Crippen LogP contribution in [0.4, 0.5) is 26.8 Å². The highest BCUT2D eigenvalue weighted by molar-refractivity contribution is 5.98. The number of hydrogen-bond donors (Lipinski definition) is 1. The largest absolute Gasteiger partial charge is 0.464 e. The van der Waals surface area contributed by atoms with E-state index in [4.69, 9.17) is 9.72 Å². The van der Waals surface area contributed by atoms with E-state index >= 15 is 0 Å². The van der Waals surface area contributed by atoms with Crippen LogP contribution in [0.15, 0.2) is 36.4 Å². The van der Waals surface area contributed by atoms with E-state index in [1.165, 1.54) is 4.90 Å². The van der Waals surface area contributed by atoms with Crippen molar-refractivity contribution in [2.75, 3.05) is 36.0 Å². The van der Waals surface area contributed by atoms with Gasteiger partial charge < -0.3 is 19.6 Å². The molecule has 1 saturated heterocycles. The van der Waals surface area contributed by atoms with E-state index < -0.39 is 11.7 Å². The van der Waals surface area contributed by atoms with Gasteiger partial charge >= 0.3 is 12.2 Å². The third-order valence-electron chi connectivity index (χ3n) is 5.34. The highest BCUT2D eigenvalue weighted by atomic mass is 16.6. The van der Waals surface area contributed by atoms with E-state index in [1.807, 2.05) is 63.8 Å². The van der Waals surface area contributed by atoms with Gasteiger partial charge in [0.25, 0.3) is 0 Å². The smallest absolute Gasteiger partial charge is 0.416 e. The van der Waals surface area contributed by atoms with Crippen LogP contribution in [-0.4, -0.2) is 59.0 Å². The molecule has 8 heteroatoms. The normalized spacial score (nSPS) is 14.3. The molecule has 1 aromatic heterocycles. The Bertz CT molecular complexity index is 964. The molecule has 0 aliphatic carbocycles. The second-order valence-electron chi connectivity index (χ2n) is 8.84. The summed E-state index contributed by atoms with van der Waals surface area (Å²) in [5, 5.41) is 10.1. The highest BCUT2D eigenvalue weighted by Gasteiger charge is 2.30. The maximum Gasteiger partial charge on any atom is 0.416 e. The lowest BCUT2D eigenvalue weighted by Crippen LogP contribution is -2.50. The second kappa shape index (κ2) is 9.46. The van der Waals surface area contributed by atoms with Crippen LogP contribution < -0.4 is 9.80 Å². The average molecular weight is 441 g/mol. The van der Waals surface area contributed by atoms with E-state index in [-0.39, 0.29) is 6.09 Å². The predicted molar refractivity (Wildman–Crippen MR) is 125 cm³/mol. The summed E-state index contributed by atoms with van der Waals surface area (Å²) in [5.41, 5.74) is 2.41. The first-order valence-corrected chi connectivity index (χ1v) is 10.9. The third kappa shape index (κ3) is 5.30. The number of aryl methyl sites for hydroxylation is 2. The Labute approximate surface area is 189 Å². The number of carbonyl (C=O) groups excluding carboxylic acids is 1. The summed E-state index contributed by atoms with van der Waals surface area (Å²) in [6.45, 7) is 11.5. The number of rotatable bonds is 4. The van der Waals surface area contributed by atoms with Gasteiger partial charge in [0.05, 0.1) is 11.4 Å². The predicted octanol–water partition coefficient (Wildman–Crippen LogP) is 4.83. The van der Waals surface area contributed by atoms with Gasteiger partial charge in [0, 0.05) is 31.9 Å². The Balaban J connectivity index is 1.93. The number of carbonyl (C=O) groups is 2. The van der Waals surface area contributed by atoms with Gasteiger partial charge in [-0.15, -0.1) is 0 Å². The molecule has 0 saturated carbocycles. The highest BCUT2D eigenvalue weighted by Crippen LogP contribution is 2.35. The Morgan fingerprint density at radius 2 is 1.75 bits per heavy atom. The molecule has 0 unspecified atom stereocenters. The lowest BCUT2D eigenvalue weighted by atomic mass is 10.1. The van der Waals surface area contributed by atoms with Crippen molar-refractivity contribution >= 4 is 29.4 Å². The number of nitrogens with zero attached hydrogens (tertiary/aromatic N) is 4. The van der Waals surface area contributed by atoms with Crippen LogP contribution in [0.25, 0.3) is 0 Å². The molecule has 0 spiro atoms. The monoisotopic (exact) mass is 440 g/mol. The van der Waals surface area contributed by atoms with Gasteiger partial charge in [-0.3, -0.25) is 0 Å². The van der Waals surface area contributed by atoms with E-state index in [9.17, 15) is 14.7 Å². The molecule has 3 rings (SSSR count). The van der Waals surface area contributed by atoms with Crippen LogP contribution in [0.5, 0.6) is 0 Å². The number of aromatic nitrogens is 1. The second-order valence-corrected chi connectivity index (χ2v) is 8.84. The molecule has 2 aromatic rings. The molecule has 1 aliphatic heterocycles. The zero-order valence-corrected chi connectivity index (χ0v) is 19.5. The molecule has 2 heterocycles. The van der Waals surface area contributed by atoms with Gasteiger partial charge in [0.15, 0.2) is 5.82 Å². The average Bonchev–Trinajstić information content (AvgIpc) is 2.74. The van der Waals surface area contributed by atoms with E-state index in [1.54, 1.807) is 17.0 Å². The van der Waals surface area contributed by atoms with E-state index in [2.05, 4.69) is 0 Å². The molecule has 1 aliphatic rings. The van der Waals surface area contributed by atoms with E-state index in [0.717, 1.165) is 17.7 Å². The maximum atomic E-state index is 12.4. The SMILES string of the molecule is CCc1cc(N(C(=O)O)c2ccccc2)c(N2CCN(C(=O)OC(C)(C)C)CC2)nc1C. The molecule has 1 aromatic carbocycles. The van der Waals surface area contributed by atoms with Gasteiger partial charge in [0.2, 0.25) is 0 Å². The van der Waals surface area contributed by atoms with Crippen molar-refractivity contribution in [1.82, 2.24) is 9.88 Å². The van der Waals surface area contributed by atoms with Gasteiger partial charge in [-0.1, -0.05) is 25.1 Å². The summed E-state index contributed by atoms with van der Waals surface area (Å²) in [6.07, 6.45) is -0.655. The summed E-state index contributed by atoms with van der Waals surface area (Å²) in [6, 6.07) is 10.9. The van der Waals surface area contributed by atoms with Gasteiger partial charge in [-0.25, -0.2) is 19.5 Å². The number of ether oxygens (including phenoxy) is 1. The van der Waals surface area contributed by atoms with Crippen LogP contribution in [0, 0.1) is 6.92 Å². The van der Waals surface area contributed by atoms with Crippen LogP contribution in [0.2, 0.25) is 0 Å². The lowest BCUT2D eigenvalue weighted by molar-refractivity contribution is 0.0240. The molecule has 1 N–H and O–H groups in total. The molecule has 2 amide bonds. The Kier molecular flexibility index (Phi) is 6.91. The fourth-order valence-corrected chi connectivity index (χ4v) is 3.73. The summed E-state index contributed by atoms with van der Waals surface area (Å²) in [5.74, 6) is 0.606. The minimum absolute atomic E-state index is 0.334. The van der Waals surface area contributed by atoms with Crippen LogP contribution in [0.1, 0.15) is 39.0 Å². The molecule has 8 nitrogen and oxygen atoms in total. The minimum atomic E-state index is -1.07. The number of amides is 2. The Morgan fingerprint density at radius 3 is 2.28 bits per heavy atom. The molecule has 0 radical (unpaired) electrons. The van der Waals surface area contributed by atoms with Crippen molar-refractivity contribution in [2.24, 2.45) is 0 Å². The number of benzene rings is 1. The number of hydrogen-bond acceptors (Lipinski definition) is 5. The van der Waals surface area contributed by atoms with Crippen LogP contribution in [0.3, 0.4) is 0 Å². The third-order valence-corrected chi connectivity index (χ3v) is 5.34. The maximum absolute atomic E-state index is 12.4. The molecule has 0 bridgehead atoms. The molecular weight excluding hydrogens is 408 g/mol. The number of piperazine rings is 1. The molecular formula is C24H32N4O4. The molecule has 172 valence electrons. The fourth-order valence-electron chi connectivity index (χ4n) is 3.73. The van der Waals surface area contributed by atoms with Gasteiger partial charge in [0.1, 0.15) is 5.60 Å². The van der Waals surface area contributed by atoms with Crippen LogP contribution >= 0.6 is 0 Å². The van der Waals surface area contributed by atoms with Crippen molar-refractivity contribution in [1.29, 1.82) is 0 Å². The Morgan fingerprint density at radius 1 is 1.12 bits per heavy atom. The van der Waals surface area contributed by atoms with Crippen molar-refractivity contribution in [2.45, 2.75) is 46.6 Å². The summed E-state index contributed by atoms with van der Waals surface area (Å²) in [4.78, 5) is 34.5. The Hall–Kier alpha value is -3.29. The topological polar surface area (TPSA) is 86.2 Å².